The number of halogens is 3. The molecule has 1 heterocycles. The zero-order valence-corrected chi connectivity index (χ0v) is 20.1. The van der Waals surface area contributed by atoms with Gasteiger partial charge in [-0.3, -0.25) is 9.59 Å². The van der Waals surface area contributed by atoms with E-state index in [1.807, 2.05) is 31.2 Å². The molecule has 1 saturated heterocycles. The Labute approximate surface area is 200 Å². The lowest BCUT2D eigenvalue weighted by Crippen LogP contribution is -2.52. The molecule has 0 aromatic heterocycles. The zero-order chi connectivity index (χ0) is 24.0. The highest BCUT2D eigenvalue weighted by atomic mass is 79.9. The third-order valence-electron chi connectivity index (χ3n) is 7.26. The van der Waals surface area contributed by atoms with E-state index in [2.05, 4.69) is 15.9 Å². The van der Waals surface area contributed by atoms with Crippen molar-refractivity contribution < 1.29 is 18.4 Å². The molecule has 5 nitrogen and oxygen atoms in total. The van der Waals surface area contributed by atoms with Crippen LogP contribution >= 0.6 is 15.9 Å². The quantitative estimate of drug-likeness (QED) is 0.610. The molecule has 176 valence electrons. The Morgan fingerprint density at radius 3 is 2.36 bits per heavy atom. The van der Waals surface area contributed by atoms with E-state index >= 15 is 0 Å². The van der Waals surface area contributed by atoms with E-state index in [1.54, 1.807) is 4.90 Å². The first-order chi connectivity index (χ1) is 15.5. The number of nitrogens with zero attached hydrogens (tertiary/aromatic N) is 1. The standard InChI is InChI=1S/C25H28BrF2N3O2/c1-24(30)8-10-31(11-9-24)22(32)18(12-15-2-4-16(26)5-3-15)20-14-25(20,23(29)33)19-7-6-17(27)13-21(19)28/h2-7,13,18,20H,8-12,14,30H2,1H3,(H2,29,33)/t18-,20?,25?/m0/s1. The number of piperidine rings is 1. The summed E-state index contributed by atoms with van der Waals surface area (Å²) in [6, 6.07) is 10.8. The van der Waals surface area contributed by atoms with Gasteiger partial charge in [0, 0.05) is 40.6 Å². The van der Waals surface area contributed by atoms with E-state index in [4.69, 9.17) is 11.5 Å². The van der Waals surface area contributed by atoms with Crippen LogP contribution in [0, 0.1) is 23.5 Å². The van der Waals surface area contributed by atoms with Crippen LogP contribution in [0.1, 0.15) is 37.3 Å². The summed E-state index contributed by atoms with van der Waals surface area (Å²) in [6.45, 7) is 3.04. The van der Waals surface area contributed by atoms with Gasteiger partial charge in [-0.15, -0.1) is 0 Å². The third kappa shape index (κ3) is 4.68. The molecule has 2 fully saturated rings. The molecule has 2 aromatic rings. The Hall–Kier alpha value is -2.32. The summed E-state index contributed by atoms with van der Waals surface area (Å²) in [5, 5.41) is 0. The molecule has 0 radical (unpaired) electrons. The van der Waals surface area contributed by atoms with Crippen molar-refractivity contribution in [2.45, 2.75) is 43.6 Å². The number of carbonyl (C=O) groups excluding carboxylic acids is 2. The SMILES string of the molecule is CC1(N)CCN(C(=O)[C@@H](Cc2ccc(Br)cc2)C2CC2(C(N)=O)c2ccc(F)cc2F)CC1. The summed E-state index contributed by atoms with van der Waals surface area (Å²) in [4.78, 5) is 28.1. The normalized spacial score (nSPS) is 24.9. The van der Waals surface area contributed by atoms with E-state index < -0.39 is 34.8 Å². The number of carbonyl (C=O) groups is 2. The van der Waals surface area contributed by atoms with Gasteiger partial charge in [0.2, 0.25) is 11.8 Å². The molecule has 1 aliphatic heterocycles. The molecule has 2 aromatic carbocycles. The molecule has 2 unspecified atom stereocenters. The van der Waals surface area contributed by atoms with Crippen molar-refractivity contribution in [1.29, 1.82) is 0 Å². The van der Waals surface area contributed by atoms with Crippen molar-refractivity contribution in [2.24, 2.45) is 23.3 Å². The lowest BCUT2D eigenvalue weighted by atomic mass is 9.83. The molecule has 0 bridgehead atoms. The minimum Gasteiger partial charge on any atom is -0.369 e. The fourth-order valence-corrected chi connectivity index (χ4v) is 5.36. The van der Waals surface area contributed by atoms with Crippen LogP contribution in [0.15, 0.2) is 46.9 Å². The highest BCUT2D eigenvalue weighted by Crippen LogP contribution is 2.59. The maximum atomic E-state index is 14.7. The highest BCUT2D eigenvalue weighted by molar-refractivity contribution is 9.10. The van der Waals surface area contributed by atoms with Crippen LogP contribution in [0.5, 0.6) is 0 Å². The molecule has 1 saturated carbocycles. The fourth-order valence-electron chi connectivity index (χ4n) is 5.10. The maximum absolute atomic E-state index is 14.7. The lowest BCUT2D eigenvalue weighted by molar-refractivity contribution is -0.138. The van der Waals surface area contributed by atoms with Crippen molar-refractivity contribution in [1.82, 2.24) is 4.90 Å². The van der Waals surface area contributed by atoms with Crippen molar-refractivity contribution in [3.63, 3.8) is 0 Å². The minimum atomic E-state index is -1.33. The number of likely N-dealkylation sites (tertiary alicyclic amines) is 1. The van der Waals surface area contributed by atoms with Gasteiger partial charge in [-0.2, -0.15) is 0 Å². The van der Waals surface area contributed by atoms with Gasteiger partial charge in [0.25, 0.3) is 0 Å². The first kappa shape index (κ1) is 23.8. The Balaban J connectivity index is 1.67. The van der Waals surface area contributed by atoms with Gasteiger partial charge >= 0.3 is 0 Å². The van der Waals surface area contributed by atoms with Crippen molar-refractivity contribution in [3.8, 4) is 0 Å². The number of primary amides is 1. The molecule has 8 heteroatoms. The number of hydrogen-bond donors (Lipinski definition) is 2. The predicted octanol–water partition coefficient (Wildman–Crippen LogP) is 3.67. The monoisotopic (exact) mass is 519 g/mol. The van der Waals surface area contributed by atoms with E-state index in [-0.39, 0.29) is 23.4 Å². The van der Waals surface area contributed by atoms with Crippen LogP contribution in [0.4, 0.5) is 8.78 Å². The van der Waals surface area contributed by atoms with E-state index in [1.165, 1.54) is 6.07 Å². The van der Waals surface area contributed by atoms with Crippen LogP contribution < -0.4 is 11.5 Å². The van der Waals surface area contributed by atoms with E-state index in [0.29, 0.717) is 32.4 Å². The van der Waals surface area contributed by atoms with Gasteiger partial charge in [0.15, 0.2) is 0 Å². The number of amides is 2. The van der Waals surface area contributed by atoms with Crippen molar-refractivity contribution in [2.75, 3.05) is 13.1 Å². The first-order valence-corrected chi connectivity index (χ1v) is 11.9. The Bertz CT molecular complexity index is 1070. The smallest absolute Gasteiger partial charge is 0.228 e. The van der Waals surface area contributed by atoms with Crippen LogP contribution in [0.25, 0.3) is 0 Å². The molecule has 3 atom stereocenters. The fraction of sp³-hybridized carbons (Fsp3) is 0.440. The average molecular weight is 520 g/mol. The van der Waals surface area contributed by atoms with Gasteiger partial charge in [0.1, 0.15) is 11.6 Å². The maximum Gasteiger partial charge on any atom is 0.228 e. The highest BCUT2D eigenvalue weighted by Gasteiger charge is 2.65. The van der Waals surface area contributed by atoms with Crippen molar-refractivity contribution in [3.05, 3.63) is 69.7 Å². The number of rotatable bonds is 6. The summed E-state index contributed by atoms with van der Waals surface area (Å²) < 4.78 is 29.2. The van der Waals surface area contributed by atoms with Gasteiger partial charge in [-0.1, -0.05) is 34.1 Å². The molecule has 4 rings (SSSR count). The topological polar surface area (TPSA) is 89.4 Å². The summed E-state index contributed by atoms with van der Waals surface area (Å²) in [6.07, 6.45) is 2.01. The van der Waals surface area contributed by atoms with Gasteiger partial charge in [0.05, 0.1) is 5.41 Å². The van der Waals surface area contributed by atoms with E-state index in [0.717, 1.165) is 22.2 Å². The number of nitrogens with two attached hydrogens (primary N) is 2. The minimum absolute atomic E-state index is 0.0585. The van der Waals surface area contributed by atoms with Gasteiger partial charge in [-0.05, 0) is 62.3 Å². The number of hydrogen-bond acceptors (Lipinski definition) is 3. The molecule has 0 spiro atoms. The second-order valence-electron chi connectivity index (χ2n) is 9.69. The lowest BCUT2D eigenvalue weighted by Gasteiger charge is -2.38. The second-order valence-corrected chi connectivity index (χ2v) is 10.6. The Morgan fingerprint density at radius 2 is 1.79 bits per heavy atom. The molecule has 33 heavy (non-hydrogen) atoms. The average Bonchev–Trinajstić information content (AvgIpc) is 3.49. The molecular formula is C25H28BrF2N3O2. The predicted molar refractivity (Wildman–Crippen MR) is 125 cm³/mol. The van der Waals surface area contributed by atoms with Crippen LogP contribution in [0.2, 0.25) is 0 Å². The second kappa shape index (κ2) is 8.80. The van der Waals surface area contributed by atoms with Gasteiger partial charge in [-0.25, -0.2) is 8.78 Å². The Morgan fingerprint density at radius 1 is 1.15 bits per heavy atom. The van der Waals surface area contributed by atoms with E-state index in [9.17, 15) is 18.4 Å². The summed E-state index contributed by atoms with van der Waals surface area (Å²) >= 11 is 3.42. The molecule has 2 amide bonds. The molecular weight excluding hydrogens is 492 g/mol. The van der Waals surface area contributed by atoms with Crippen LogP contribution in [0.3, 0.4) is 0 Å². The van der Waals surface area contributed by atoms with Crippen LogP contribution in [-0.4, -0.2) is 35.3 Å². The number of benzene rings is 2. The summed E-state index contributed by atoms with van der Waals surface area (Å²) in [5.74, 6) is -3.36. The Kier molecular flexibility index (Phi) is 6.35. The molecule has 4 N–H and O–H groups in total. The van der Waals surface area contributed by atoms with Crippen LogP contribution in [-0.2, 0) is 21.4 Å². The zero-order valence-electron chi connectivity index (χ0n) is 18.5. The van der Waals surface area contributed by atoms with Gasteiger partial charge < -0.3 is 16.4 Å². The van der Waals surface area contributed by atoms with Crippen molar-refractivity contribution >= 4 is 27.7 Å². The third-order valence-corrected chi connectivity index (χ3v) is 7.78. The summed E-state index contributed by atoms with van der Waals surface area (Å²) in [5.41, 5.74) is 11.4. The largest absolute Gasteiger partial charge is 0.369 e. The first-order valence-electron chi connectivity index (χ1n) is 11.1. The summed E-state index contributed by atoms with van der Waals surface area (Å²) in [7, 11) is 0. The molecule has 1 aliphatic carbocycles. The molecule has 2 aliphatic rings.